The number of likely N-dealkylation sites (N-methyl/N-ethyl adjacent to an activating group) is 1. The van der Waals surface area contributed by atoms with E-state index in [0.29, 0.717) is 34.0 Å². The maximum atomic E-state index is 13.8. The molecule has 3 amide bonds. The van der Waals surface area contributed by atoms with Crippen LogP contribution in [0.1, 0.15) is 81.0 Å². The fourth-order valence-corrected chi connectivity index (χ4v) is 6.98. The van der Waals surface area contributed by atoms with Gasteiger partial charge >= 0.3 is 0 Å². The lowest BCUT2D eigenvalue weighted by Gasteiger charge is -2.42. The molecule has 4 heterocycles. The summed E-state index contributed by atoms with van der Waals surface area (Å²) in [5.74, 6) is -0.381. The summed E-state index contributed by atoms with van der Waals surface area (Å²) in [6, 6.07) is 15.6. The van der Waals surface area contributed by atoms with Gasteiger partial charge in [-0.1, -0.05) is 37.3 Å². The third-order valence-corrected chi connectivity index (χ3v) is 9.76. The van der Waals surface area contributed by atoms with E-state index >= 15 is 0 Å². The number of hydrogen-bond acceptors (Lipinski definition) is 5. The van der Waals surface area contributed by atoms with Gasteiger partial charge in [0, 0.05) is 73.5 Å². The molecule has 2 saturated heterocycles. The number of anilines is 1. The number of carbonyl (C=O) groups is 3. The highest BCUT2D eigenvalue weighted by atomic mass is 16.2. The van der Waals surface area contributed by atoms with Crippen molar-refractivity contribution in [1.29, 1.82) is 0 Å². The molecule has 0 saturated carbocycles. The number of aromatic amines is 1. The number of hydrogen-bond donors (Lipinski definition) is 3. The Hall–Kier alpha value is -4.21. The molecule has 9 heteroatoms. The molecule has 9 nitrogen and oxygen atoms in total. The van der Waals surface area contributed by atoms with Crippen LogP contribution in [0.2, 0.25) is 0 Å². The highest BCUT2D eigenvalue weighted by molar-refractivity contribution is 6.35. The lowest BCUT2D eigenvalue weighted by molar-refractivity contribution is -0.110. The predicted octanol–water partition coefficient (Wildman–Crippen LogP) is 4.86. The summed E-state index contributed by atoms with van der Waals surface area (Å²) >= 11 is 0. The molecule has 3 aliphatic heterocycles. The summed E-state index contributed by atoms with van der Waals surface area (Å²) in [6.45, 7) is 11.8. The van der Waals surface area contributed by atoms with Gasteiger partial charge in [0.05, 0.1) is 17.2 Å². The molecule has 0 radical (unpaired) electrons. The number of fused-ring (bicyclic) bond motifs is 1. The molecular weight excluding hydrogens is 564 g/mol. The van der Waals surface area contributed by atoms with Gasteiger partial charge in [-0.25, -0.2) is 0 Å². The van der Waals surface area contributed by atoms with Crippen molar-refractivity contribution in [3.8, 4) is 0 Å². The summed E-state index contributed by atoms with van der Waals surface area (Å²) in [4.78, 5) is 50.5. The summed E-state index contributed by atoms with van der Waals surface area (Å²) < 4.78 is 0. The van der Waals surface area contributed by atoms with Gasteiger partial charge in [0.1, 0.15) is 0 Å². The summed E-state index contributed by atoms with van der Waals surface area (Å²) in [7, 11) is 2.17. The third kappa shape index (κ3) is 6.32. The number of benzene rings is 2. The topological polar surface area (TPSA) is 101 Å². The van der Waals surface area contributed by atoms with Crippen molar-refractivity contribution >= 4 is 35.1 Å². The number of amides is 3. The number of piperazine rings is 1. The zero-order valence-corrected chi connectivity index (χ0v) is 26.8. The van der Waals surface area contributed by atoms with Crippen molar-refractivity contribution in [2.75, 3.05) is 51.6 Å². The number of likely N-dealkylation sites (tertiary alicyclic amines) is 1. The van der Waals surface area contributed by atoms with Crippen molar-refractivity contribution < 1.29 is 14.4 Å². The first-order valence-corrected chi connectivity index (χ1v) is 16.2. The summed E-state index contributed by atoms with van der Waals surface area (Å²) in [6.07, 6.45) is 4.55. The van der Waals surface area contributed by atoms with E-state index in [2.05, 4.69) is 32.5 Å². The molecule has 2 aromatic carbocycles. The van der Waals surface area contributed by atoms with Gasteiger partial charge in [-0.15, -0.1) is 0 Å². The number of aryl methyl sites for hydroxylation is 1. The number of nitrogens with zero attached hydrogens (tertiary/aromatic N) is 3. The smallest absolute Gasteiger partial charge is 0.256 e. The van der Waals surface area contributed by atoms with Crippen LogP contribution in [-0.2, 0) is 4.79 Å². The molecule has 45 heavy (non-hydrogen) atoms. The number of carbonyl (C=O) groups excluding carboxylic acids is 3. The molecule has 1 aromatic heterocycles. The molecule has 0 aliphatic carbocycles. The van der Waals surface area contributed by atoms with E-state index in [1.807, 2.05) is 56.0 Å². The van der Waals surface area contributed by atoms with Crippen LogP contribution in [0.25, 0.3) is 11.6 Å². The molecule has 0 bridgehead atoms. The normalized spacial score (nSPS) is 19.4. The maximum Gasteiger partial charge on any atom is 0.256 e. The number of aromatic nitrogens is 1. The number of nitrogens with one attached hydrogen (secondary N) is 3. The second-order valence-corrected chi connectivity index (χ2v) is 12.6. The Morgan fingerprint density at radius 1 is 1.00 bits per heavy atom. The maximum absolute atomic E-state index is 13.8. The van der Waals surface area contributed by atoms with Crippen molar-refractivity contribution in [2.24, 2.45) is 0 Å². The van der Waals surface area contributed by atoms with E-state index in [1.165, 1.54) is 0 Å². The van der Waals surface area contributed by atoms with Gasteiger partial charge in [0.2, 0.25) is 0 Å². The van der Waals surface area contributed by atoms with Gasteiger partial charge in [-0.3, -0.25) is 19.3 Å². The molecule has 3 aliphatic rings. The lowest BCUT2D eigenvalue weighted by Crippen LogP contribution is -2.53. The van der Waals surface area contributed by atoms with Crippen LogP contribution in [0.4, 0.5) is 5.69 Å². The first kappa shape index (κ1) is 30.8. The second kappa shape index (κ2) is 13.0. The van der Waals surface area contributed by atoms with Crippen LogP contribution in [0.15, 0.2) is 48.5 Å². The minimum Gasteiger partial charge on any atom is -0.358 e. The van der Waals surface area contributed by atoms with Crippen LogP contribution in [0.5, 0.6) is 0 Å². The van der Waals surface area contributed by atoms with Gasteiger partial charge in [0.25, 0.3) is 17.7 Å². The van der Waals surface area contributed by atoms with Crippen LogP contribution >= 0.6 is 0 Å². The molecule has 2 fully saturated rings. The van der Waals surface area contributed by atoms with Crippen molar-refractivity contribution in [3.05, 3.63) is 87.7 Å². The Morgan fingerprint density at radius 2 is 1.71 bits per heavy atom. The van der Waals surface area contributed by atoms with Gasteiger partial charge in [-0.05, 0) is 75.6 Å². The van der Waals surface area contributed by atoms with Crippen LogP contribution < -0.4 is 10.6 Å². The van der Waals surface area contributed by atoms with E-state index in [0.717, 1.165) is 81.0 Å². The van der Waals surface area contributed by atoms with Crippen LogP contribution in [0.3, 0.4) is 0 Å². The Labute approximate surface area is 265 Å². The Balaban J connectivity index is 1.18. The average Bonchev–Trinajstić information content (AvgIpc) is 3.52. The van der Waals surface area contributed by atoms with E-state index in [-0.39, 0.29) is 23.8 Å². The lowest BCUT2D eigenvalue weighted by atomic mass is 9.99. The zero-order valence-electron chi connectivity index (χ0n) is 26.8. The van der Waals surface area contributed by atoms with Gasteiger partial charge in [0.15, 0.2) is 0 Å². The van der Waals surface area contributed by atoms with Crippen molar-refractivity contribution in [3.63, 3.8) is 0 Å². The fourth-order valence-electron chi connectivity index (χ4n) is 6.98. The van der Waals surface area contributed by atoms with E-state index in [1.54, 1.807) is 24.3 Å². The first-order chi connectivity index (χ1) is 21.7. The number of rotatable bonds is 7. The molecule has 6 rings (SSSR count). The van der Waals surface area contributed by atoms with Crippen molar-refractivity contribution in [1.82, 2.24) is 25.0 Å². The molecule has 0 unspecified atom stereocenters. The third-order valence-electron chi connectivity index (χ3n) is 9.76. The standard InChI is InChI=1S/C36H44N6O3/c1-5-30(25-9-7-6-8-10-25)38-34(43)26-11-12-31-28(21-26)29(35(44)39-31)22-32-23(2)33(24(3)37-32)36(45)42-15-13-27(14-16-42)41-19-17-40(4)18-20-41/h6-12,21-22,27,30,37H,5,13-20H2,1-4H3,(H,38,43)(H,39,44)/t30-/m1/s1. The monoisotopic (exact) mass is 608 g/mol. The minimum absolute atomic E-state index is 0.0434. The number of piperidine rings is 1. The van der Waals surface area contributed by atoms with E-state index < -0.39 is 0 Å². The van der Waals surface area contributed by atoms with Crippen LogP contribution in [0, 0.1) is 13.8 Å². The molecule has 236 valence electrons. The summed E-state index contributed by atoms with van der Waals surface area (Å²) in [5.41, 5.74) is 6.37. The number of H-pyrrole nitrogens is 1. The van der Waals surface area contributed by atoms with E-state index in [9.17, 15) is 14.4 Å². The van der Waals surface area contributed by atoms with Gasteiger partial charge in [-0.2, -0.15) is 0 Å². The highest BCUT2D eigenvalue weighted by Gasteiger charge is 2.31. The first-order valence-electron chi connectivity index (χ1n) is 16.2. The fraction of sp³-hybridized carbons (Fsp3) is 0.417. The largest absolute Gasteiger partial charge is 0.358 e. The molecular formula is C36H44N6O3. The minimum atomic E-state index is -0.233. The predicted molar refractivity (Wildman–Crippen MR) is 178 cm³/mol. The SMILES string of the molecule is CC[C@@H](NC(=O)c1ccc2c(c1)C(=Cc1[nH]c(C)c(C(=O)N3CCC(N4CCN(C)CC4)CC3)c1C)C(=O)N2)c1ccccc1. The van der Waals surface area contributed by atoms with Crippen LogP contribution in [-0.4, -0.2) is 89.8 Å². The Kier molecular flexibility index (Phi) is 8.92. The van der Waals surface area contributed by atoms with Gasteiger partial charge < -0.3 is 25.4 Å². The molecule has 0 spiro atoms. The summed E-state index contributed by atoms with van der Waals surface area (Å²) in [5, 5.41) is 6.06. The zero-order chi connectivity index (χ0) is 31.7. The molecule has 1 atom stereocenters. The quantitative estimate of drug-likeness (QED) is 0.333. The average molecular weight is 609 g/mol. The second-order valence-electron chi connectivity index (χ2n) is 12.6. The molecule has 3 aromatic rings. The van der Waals surface area contributed by atoms with E-state index in [4.69, 9.17) is 0 Å². The Bertz CT molecular complexity index is 1610. The molecule has 3 N–H and O–H groups in total. The highest BCUT2D eigenvalue weighted by Crippen LogP contribution is 2.35. The van der Waals surface area contributed by atoms with Crippen molar-refractivity contribution in [2.45, 2.75) is 52.1 Å². The Morgan fingerprint density at radius 3 is 2.40 bits per heavy atom.